The summed E-state index contributed by atoms with van der Waals surface area (Å²) in [6, 6.07) is 11.7. The van der Waals surface area contributed by atoms with Gasteiger partial charge in [-0.15, -0.1) is 0 Å². The monoisotopic (exact) mass is 354 g/mol. The quantitative estimate of drug-likeness (QED) is 0.827. The fraction of sp³-hybridized carbons (Fsp3) is 0.421. The maximum absolute atomic E-state index is 13.2. The molecular formula is C19H22N4O3. The fourth-order valence-corrected chi connectivity index (χ4v) is 3.62. The van der Waals surface area contributed by atoms with Gasteiger partial charge < -0.3 is 15.3 Å². The Morgan fingerprint density at radius 3 is 2.65 bits per heavy atom. The molecular weight excluding hydrogens is 332 g/mol. The number of rotatable bonds is 5. The van der Waals surface area contributed by atoms with Gasteiger partial charge in [0.05, 0.1) is 30.8 Å². The Morgan fingerprint density at radius 1 is 1.19 bits per heavy atom. The second-order valence-corrected chi connectivity index (χ2v) is 6.90. The molecule has 2 heterocycles. The fourth-order valence-electron chi connectivity index (χ4n) is 3.62. The second kappa shape index (κ2) is 6.57. The van der Waals surface area contributed by atoms with Crippen molar-refractivity contribution < 1.29 is 14.7 Å². The molecule has 1 aromatic heterocycles. The van der Waals surface area contributed by atoms with Crippen molar-refractivity contribution in [2.75, 3.05) is 19.7 Å². The van der Waals surface area contributed by atoms with Gasteiger partial charge in [-0.3, -0.25) is 14.3 Å². The van der Waals surface area contributed by atoms with E-state index in [-0.39, 0.29) is 30.4 Å². The molecule has 1 fully saturated rings. The lowest BCUT2D eigenvalue weighted by molar-refractivity contribution is -0.135. The van der Waals surface area contributed by atoms with E-state index in [4.69, 9.17) is 5.11 Å². The van der Waals surface area contributed by atoms with E-state index in [1.807, 2.05) is 35.2 Å². The Kier molecular flexibility index (Phi) is 4.24. The minimum atomic E-state index is -0.370. The van der Waals surface area contributed by atoms with E-state index in [9.17, 15) is 9.59 Å². The molecule has 26 heavy (non-hydrogen) atoms. The van der Waals surface area contributed by atoms with E-state index in [0.717, 1.165) is 24.1 Å². The molecule has 0 radical (unpaired) electrons. The molecule has 2 N–H and O–H groups in total. The van der Waals surface area contributed by atoms with Crippen LogP contribution in [0.15, 0.2) is 36.4 Å². The van der Waals surface area contributed by atoms with Gasteiger partial charge in [-0.1, -0.05) is 30.3 Å². The number of nitrogens with one attached hydrogen (secondary N) is 1. The Hall–Kier alpha value is -2.67. The number of carbonyl (C=O) groups excluding carboxylic acids is 2. The van der Waals surface area contributed by atoms with E-state index in [2.05, 4.69) is 10.4 Å². The third-order valence-corrected chi connectivity index (χ3v) is 5.20. The summed E-state index contributed by atoms with van der Waals surface area (Å²) in [5.74, 6) is -0.135. The van der Waals surface area contributed by atoms with Gasteiger partial charge in [0.25, 0.3) is 5.91 Å². The molecule has 136 valence electrons. The van der Waals surface area contributed by atoms with Crippen molar-refractivity contribution in [2.24, 2.45) is 0 Å². The Balaban J connectivity index is 1.49. The third kappa shape index (κ3) is 2.88. The lowest BCUT2D eigenvalue weighted by Gasteiger charge is -2.31. The number of nitrogens with zero attached hydrogens (tertiary/aromatic N) is 3. The summed E-state index contributed by atoms with van der Waals surface area (Å²) in [5, 5.41) is 15.7. The number of aliphatic hydroxyl groups excluding tert-OH is 1. The number of benzene rings is 1. The van der Waals surface area contributed by atoms with Crippen LogP contribution in [0.4, 0.5) is 0 Å². The summed E-state index contributed by atoms with van der Waals surface area (Å²) >= 11 is 0. The number of carbonyl (C=O) groups is 2. The molecule has 1 aliphatic carbocycles. The molecule has 1 aliphatic heterocycles. The van der Waals surface area contributed by atoms with Crippen molar-refractivity contribution in [1.29, 1.82) is 0 Å². The van der Waals surface area contributed by atoms with Crippen LogP contribution < -0.4 is 5.32 Å². The van der Waals surface area contributed by atoms with Crippen LogP contribution in [-0.4, -0.2) is 51.3 Å². The van der Waals surface area contributed by atoms with Crippen LogP contribution in [0.25, 0.3) is 0 Å². The first-order chi connectivity index (χ1) is 12.6. The number of amides is 2. The van der Waals surface area contributed by atoms with Crippen LogP contribution in [-0.2, 0) is 23.3 Å². The van der Waals surface area contributed by atoms with E-state index in [1.165, 1.54) is 0 Å². The van der Waals surface area contributed by atoms with Crippen LogP contribution in [0.1, 0.15) is 34.6 Å². The normalized spacial score (nSPS) is 17.5. The first-order valence-electron chi connectivity index (χ1n) is 8.95. The molecule has 0 bridgehead atoms. The van der Waals surface area contributed by atoms with Gasteiger partial charge in [0.15, 0.2) is 5.69 Å². The van der Waals surface area contributed by atoms with Crippen LogP contribution in [0.5, 0.6) is 0 Å². The SMILES string of the molecule is O=C(NCCO)c1cc2n(n1)CCN(C(=O)C1(c3ccccc3)CC1)C2. The zero-order valence-corrected chi connectivity index (χ0v) is 14.5. The highest BCUT2D eigenvalue weighted by molar-refractivity contribution is 5.93. The summed E-state index contributed by atoms with van der Waals surface area (Å²) in [6.07, 6.45) is 1.78. The van der Waals surface area contributed by atoms with E-state index in [1.54, 1.807) is 10.7 Å². The number of aliphatic hydroxyl groups is 1. The number of hydrogen-bond donors (Lipinski definition) is 2. The number of fused-ring (bicyclic) bond motifs is 1. The van der Waals surface area contributed by atoms with Crippen LogP contribution >= 0.6 is 0 Å². The van der Waals surface area contributed by atoms with Crippen molar-refractivity contribution in [1.82, 2.24) is 20.0 Å². The van der Waals surface area contributed by atoms with Crippen molar-refractivity contribution in [2.45, 2.75) is 31.3 Å². The highest BCUT2D eigenvalue weighted by Crippen LogP contribution is 2.49. The maximum atomic E-state index is 13.2. The molecule has 0 spiro atoms. The second-order valence-electron chi connectivity index (χ2n) is 6.90. The summed E-state index contributed by atoms with van der Waals surface area (Å²) in [7, 11) is 0. The summed E-state index contributed by atoms with van der Waals surface area (Å²) in [6.45, 7) is 1.74. The summed E-state index contributed by atoms with van der Waals surface area (Å²) < 4.78 is 1.79. The Labute approximate surface area is 151 Å². The van der Waals surface area contributed by atoms with Crippen molar-refractivity contribution >= 4 is 11.8 Å². The molecule has 0 unspecified atom stereocenters. The maximum Gasteiger partial charge on any atom is 0.271 e. The van der Waals surface area contributed by atoms with Gasteiger partial charge >= 0.3 is 0 Å². The lowest BCUT2D eigenvalue weighted by Crippen LogP contribution is -2.43. The van der Waals surface area contributed by atoms with Gasteiger partial charge in [-0.25, -0.2) is 0 Å². The molecule has 2 aromatic rings. The molecule has 0 atom stereocenters. The number of aromatic nitrogens is 2. The van der Waals surface area contributed by atoms with Crippen molar-refractivity contribution in [3.05, 3.63) is 53.3 Å². The number of hydrogen-bond acceptors (Lipinski definition) is 4. The molecule has 0 saturated heterocycles. The average molecular weight is 354 g/mol. The molecule has 7 heteroatoms. The van der Waals surface area contributed by atoms with E-state index >= 15 is 0 Å². The largest absolute Gasteiger partial charge is 0.395 e. The van der Waals surface area contributed by atoms with E-state index < -0.39 is 0 Å². The topological polar surface area (TPSA) is 87.5 Å². The van der Waals surface area contributed by atoms with Crippen LogP contribution in [0, 0.1) is 0 Å². The molecule has 1 aromatic carbocycles. The average Bonchev–Trinajstić information content (AvgIpc) is 3.38. The van der Waals surface area contributed by atoms with Gasteiger partial charge in [0.1, 0.15) is 0 Å². The van der Waals surface area contributed by atoms with Gasteiger partial charge in [-0.05, 0) is 24.5 Å². The first kappa shape index (κ1) is 16.8. The molecule has 2 aliphatic rings. The zero-order valence-electron chi connectivity index (χ0n) is 14.5. The molecule has 2 amide bonds. The predicted molar refractivity (Wildman–Crippen MR) is 94.4 cm³/mol. The van der Waals surface area contributed by atoms with Crippen molar-refractivity contribution in [3.63, 3.8) is 0 Å². The zero-order chi connectivity index (χ0) is 18.1. The minimum Gasteiger partial charge on any atom is -0.395 e. The minimum absolute atomic E-state index is 0.108. The smallest absolute Gasteiger partial charge is 0.271 e. The predicted octanol–water partition coefficient (Wildman–Crippen LogP) is 0.679. The molecule has 7 nitrogen and oxygen atoms in total. The third-order valence-electron chi connectivity index (χ3n) is 5.20. The summed E-state index contributed by atoms with van der Waals surface area (Å²) in [5.41, 5.74) is 1.91. The van der Waals surface area contributed by atoms with E-state index in [0.29, 0.717) is 25.3 Å². The Morgan fingerprint density at radius 2 is 1.96 bits per heavy atom. The van der Waals surface area contributed by atoms with Gasteiger partial charge in [-0.2, -0.15) is 5.10 Å². The van der Waals surface area contributed by atoms with Crippen molar-refractivity contribution in [3.8, 4) is 0 Å². The standard InChI is InChI=1S/C19H22N4O3/c24-11-8-20-17(25)16-12-15-13-22(9-10-23(15)21-16)18(26)19(6-7-19)14-4-2-1-3-5-14/h1-5,12,24H,6-11,13H2,(H,20,25). The van der Waals surface area contributed by atoms with Gasteiger partial charge in [0.2, 0.25) is 5.91 Å². The highest BCUT2D eigenvalue weighted by atomic mass is 16.3. The molecule has 4 rings (SSSR count). The highest BCUT2D eigenvalue weighted by Gasteiger charge is 2.53. The molecule has 1 saturated carbocycles. The first-order valence-corrected chi connectivity index (χ1v) is 8.95. The van der Waals surface area contributed by atoms with Crippen LogP contribution in [0.2, 0.25) is 0 Å². The summed E-state index contributed by atoms with van der Waals surface area (Å²) in [4.78, 5) is 27.1. The lowest BCUT2D eigenvalue weighted by atomic mass is 9.94. The van der Waals surface area contributed by atoms with Crippen LogP contribution in [0.3, 0.4) is 0 Å². The van der Waals surface area contributed by atoms with Gasteiger partial charge in [0, 0.05) is 13.1 Å². The Bertz CT molecular complexity index is 827.